The predicted octanol–water partition coefficient (Wildman–Crippen LogP) is 2.98. The summed E-state index contributed by atoms with van der Waals surface area (Å²) in [6, 6.07) is 3.66. The normalized spacial score (nSPS) is 11.1. The summed E-state index contributed by atoms with van der Waals surface area (Å²) in [6.45, 7) is 2.03. The van der Waals surface area contributed by atoms with Crippen LogP contribution in [0.15, 0.2) is 12.1 Å². The maximum absolute atomic E-state index is 8.68. The van der Waals surface area contributed by atoms with Gasteiger partial charge in [-0.15, -0.1) is 0 Å². The van der Waals surface area contributed by atoms with Gasteiger partial charge in [-0.1, -0.05) is 29.3 Å². The molecule has 0 atom stereocenters. The lowest BCUT2D eigenvalue weighted by atomic mass is 10.2. The Morgan fingerprint density at radius 2 is 2.00 bits per heavy atom. The summed E-state index contributed by atoms with van der Waals surface area (Å²) >= 11 is 11.7. The smallest absolute Gasteiger partial charge is 0.135 e. The van der Waals surface area contributed by atoms with Crippen LogP contribution in [0.5, 0.6) is 0 Å². The number of halogens is 2. The maximum atomic E-state index is 8.68. The minimum Gasteiger partial charge on any atom is -0.396 e. The summed E-state index contributed by atoms with van der Waals surface area (Å²) < 4.78 is 0. The maximum Gasteiger partial charge on any atom is 0.135 e. The Kier molecular flexibility index (Phi) is 6.82. The molecule has 0 aromatic carbocycles. The zero-order chi connectivity index (χ0) is 12.7. The first kappa shape index (κ1) is 14.7. The van der Waals surface area contributed by atoms with E-state index in [1.54, 1.807) is 6.07 Å². The van der Waals surface area contributed by atoms with E-state index in [2.05, 4.69) is 9.88 Å². The highest BCUT2D eigenvalue weighted by Gasteiger charge is 2.06. The molecule has 0 saturated heterocycles. The van der Waals surface area contributed by atoms with Gasteiger partial charge in [0.15, 0.2) is 0 Å². The van der Waals surface area contributed by atoms with Gasteiger partial charge in [0.05, 0.1) is 0 Å². The highest BCUT2D eigenvalue weighted by atomic mass is 35.5. The lowest BCUT2D eigenvalue weighted by molar-refractivity contribution is 0.271. The van der Waals surface area contributed by atoms with Gasteiger partial charge in [0.25, 0.3) is 0 Å². The Balaban J connectivity index is 2.37. The highest BCUT2D eigenvalue weighted by molar-refractivity contribution is 6.32. The van der Waals surface area contributed by atoms with Gasteiger partial charge >= 0.3 is 0 Å². The van der Waals surface area contributed by atoms with Crippen molar-refractivity contribution >= 4 is 23.2 Å². The van der Waals surface area contributed by atoms with Crippen molar-refractivity contribution in [1.82, 2.24) is 9.88 Å². The molecular formula is C12H18Cl2N2O. The Bertz CT molecular complexity index is 347. The Morgan fingerprint density at radius 1 is 1.24 bits per heavy atom. The molecule has 0 bridgehead atoms. The summed E-state index contributed by atoms with van der Waals surface area (Å²) in [5, 5.41) is 9.57. The fourth-order valence-corrected chi connectivity index (χ4v) is 2.00. The number of aliphatic hydroxyl groups excluding tert-OH is 1. The molecule has 0 aliphatic carbocycles. The van der Waals surface area contributed by atoms with Gasteiger partial charge < -0.3 is 10.0 Å². The van der Waals surface area contributed by atoms with E-state index in [0.717, 1.165) is 37.9 Å². The van der Waals surface area contributed by atoms with Gasteiger partial charge in [-0.3, -0.25) is 0 Å². The zero-order valence-electron chi connectivity index (χ0n) is 9.99. The minimum absolute atomic E-state index is 0.274. The molecule has 1 aromatic rings. The average Bonchev–Trinajstić information content (AvgIpc) is 2.28. The van der Waals surface area contributed by atoms with Gasteiger partial charge in [-0.05, 0) is 38.9 Å². The van der Waals surface area contributed by atoms with E-state index in [1.807, 2.05) is 13.1 Å². The first-order chi connectivity index (χ1) is 8.13. The van der Waals surface area contributed by atoms with Crippen molar-refractivity contribution in [3.05, 3.63) is 28.0 Å². The SMILES string of the molecule is CN(CCCCCO)Cc1ccc(Cl)nc1Cl. The molecule has 17 heavy (non-hydrogen) atoms. The average molecular weight is 277 g/mol. The number of rotatable bonds is 7. The summed E-state index contributed by atoms with van der Waals surface area (Å²) in [4.78, 5) is 6.20. The van der Waals surface area contributed by atoms with Crippen molar-refractivity contribution < 1.29 is 5.11 Å². The number of pyridine rings is 1. The third-order valence-electron chi connectivity index (χ3n) is 2.53. The van der Waals surface area contributed by atoms with Crippen molar-refractivity contribution in [3.8, 4) is 0 Å². The predicted molar refractivity (Wildman–Crippen MR) is 71.5 cm³/mol. The van der Waals surface area contributed by atoms with Gasteiger partial charge in [0, 0.05) is 18.7 Å². The van der Waals surface area contributed by atoms with Crippen LogP contribution in [0.2, 0.25) is 10.3 Å². The molecule has 1 rings (SSSR count). The number of aliphatic hydroxyl groups is 1. The number of hydrogen-bond acceptors (Lipinski definition) is 3. The number of hydrogen-bond donors (Lipinski definition) is 1. The fourth-order valence-electron chi connectivity index (χ4n) is 1.60. The Hall–Kier alpha value is -0.350. The third kappa shape index (κ3) is 5.68. The van der Waals surface area contributed by atoms with Gasteiger partial charge in [-0.2, -0.15) is 0 Å². The summed E-state index contributed by atoms with van der Waals surface area (Å²) in [5.41, 5.74) is 0.987. The molecule has 0 saturated carbocycles. The van der Waals surface area contributed by atoms with E-state index in [-0.39, 0.29) is 6.61 Å². The minimum atomic E-state index is 0.274. The third-order valence-corrected chi connectivity index (χ3v) is 3.07. The van der Waals surface area contributed by atoms with Crippen molar-refractivity contribution in [3.63, 3.8) is 0 Å². The largest absolute Gasteiger partial charge is 0.396 e. The van der Waals surface area contributed by atoms with Crippen LogP contribution in [0.25, 0.3) is 0 Å². The first-order valence-electron chi connectivity index (χ1n) is 5.74. The summed E-state index contributed by atoms with van der Waals surface area (Å²) in [6.07, 6.45) is 3.00. The van der Waals surface area contributed by atoms with Crippen molar-refractivity contribution in [2.24, 2.45) is 0 Å². The van der Waals surface area contributed by atoms with Crippen LogP contribution in [0.1, 0.15) is 24.8 Å². The number of aromatic nitrogens is 1. The highest BCUT2D eigenvalue weighted by Crippen LogP contribution is 2.18. The molecule has 5 heteroatoms. The van der Waals surface area contributed by atoms with E-state index < -0.39 is 0 Å². The van der Waals surface area contributed by atoms with Gasteiger partial charge in [-0.25, -0.2) is 4.98 Å². The van der Waals surface area contributed by atoms with E-state index in [0.29, 0.717) is 10.3 Å². The van der Waals surface area contributed by atoms with E-state index in [4.69, 9.17) is 28.3 Å². The standard InChI is InChI=1S/C12H18Cl2N2O/c1-16(7-3-2-4-8-17)9-10-5-6-11(13)15-12(10)14/h5-6,17H,2-4,7-9H2,1H3. The van der Waals surface area contributed by atoms with Crippen LogP contribution >= 0.6 is 23.2 Å². The molecule has 96 valence electrons. The lowest BCUT2D eigenvalue weighted by Gasteiger charge is -2.17. The van der Waals surface area contributed by atoms with Crippen LogP contribution in [0.3, 0.4) is 0 Å². The van der Waals surface area contributed by atoms with Crippen LogP contribution in [-0.4, -0.2) is 35.2 Å². The number of nitrogens with zero attached hydrogens (tertiary/aromatic N) is 2. The molecule has 0 radical (unpaired) electrons. The van der Waals surface area contributed by atoms with Gasteiger partial charge in [0.2, 0.25) is 0 Å². The van der Waals surface area contributed by atoms with Crippen LogP contribution < -0.4 is 0 Å². The molecule has 1 N–H and O–H groups in total. The second-order valence-electron chi connectivity index (χ2n) is 4.11. The molecule has 0 aliphatic rings. The van der Waals surface area contributed by atoms with Crippen molar-refractivity contribution in [2.45, 2.75) is 25.8 Å². The topological polar surface area (TPSA) is 36.4 Å². The van der Waals surface area contributed by atoms with Crippen molar-refractivity contribution in [2.75, 3.05) is 20.2 Å². The Labute approximate surface area is 112 Å². The molecule has 3 nitrogen and oxygen atoms in total. The molecule has 0 spiro atoms. The summed E-state index contributed by atoms with van der Waals surface area (Å²) in [7, 11) is 2.05. The van der Waals surface area contributed by atoms with E-state index in [9.17, 15) is 0 Å². The fraction of sp³-hybridized carbons (Fsp3) is 0.583. The first-order valence-corrected chi connectivity index (χ1v) is 6.49. The quantitative estimate of drug-likeness (QED) is 0.615. The summed E-state index contributed by atoms with van der Waals surface area (Å²) in [5.74, 6) is 0. The second-order valence-corrected chi connectivity index (χ2v) is 4.85. The number of unbranched alkanes of at least 4 members (excludes halogenated alkanes) is 2. The van der Waals surface area contributed by atoms with Crippen LogP contribution in [0, 0.1) is 0 Å². The zero-order valence-corrected chi connectivity index (χ0v) is 11.5. The van der Waals surface area contributed by atoms with Crippen LogP contribution in [-0.2, 0) is 6.54 Å². The molecule has 0 aliphatic heterocycles. The molecule has 0 amide bonds. The lowest BCUT2D eigenvalue weighted by Crippen LogP contribution is -2.19. The molecule has 0 unspecified atom stereocenters. The second kappa shape index (κ2) is 7.88. The molecule has 1 aromatic heterocycles. The van der Waals surface area contributed by atoms with Gasteiger partial charge in [0.1, 0.15) is 10.3 Å². The monoisotopic (exact) mass is 276 g/mol. The molecule has 0 fully saturated rings. The van der Waals surface area contributed by atoms with E-state index >= 15 is 0 Å². The molecule has 1 heterocycles. The van der Waals surface area contributed by atoms with Crippen molar-refractivity contribution in [1.29, 1.82) is 0 Å². The van der Waals surface area contributed by atoms with E-state index in [1.165, 1.54) is 0 Å². The Morgan fingerprint density at radius 3 is 2.65 bits per heavy atom. The molecular weight excluding hydrogens is 259 g/mol. The van der Waals surface area contributed by atoms with Crippen LogP contribution in [0.4, 0.5) is 0 Å².